The summed E-state index contributed by atoms with van der Waals surface area (Å²) < 4.78 is 4.45. The van der Waals surface area contributed by atoms with Gasteiger partial charge in [0.05, 0.1) is 12.7 Å². The molecule has 0 radical (unpaired) electrons. The first-order valence-corrected chi connectivity index (χ1v) is 5.90. The lowest BCUT2D eigenvalue weighted by molar-refractivity contribution is -0.139. The summed E-state index contributed by atoms with van der Waals surface area (Å²) in [7, 11) is 1.31. The SMILES string of the molecule is COC(=O)CC#Cc1cnc(SC)nc1Cl. The first-order valence-electron chi connectivity index (χ1n) is 4.29. The van der Waals surface area contributed by atoms with Gasteiger partial charge in [-0.25, -0.2) is 9.97 Å². The van der Waals surface area contributed by atoms with Crippen LogP contribution < -0.4 is 0 Å². The van der Waals surface area contributed by atoms with Crippen LogP contribution in [0.2, 0.25) is 5.15 Å². The Kier molecular flexibility index (Phi) is 5.09. The summed E-state index contributed by atoms with van der Waals surface area (Å²) in [4.78, 5) is 18.8. The highest BCUT2D eigenvalue weighted by Crippen LogP contribution is 2.15. The third-order valence-electron chi connectivity index (χ3n) is 1.59. The Morgan fingerprint density at radius 1 is 1.69 bits per heavy atom. The quantitative estimate of drug-likeness (QED) is 0.265. The summed E-state index contributed by atoms with van der Waals surface area (Å²) in [5.41, 5.74) is 0.503. The molecule has 0 amide bonds. The molecule has 0 aliphatic rings. The number of halogens is 1. The van der Waals surface area contributed by atoms with Crippen LogP contribution in [0.5, 0.6) is 0 Å². The Labute approximate surface area is 103 Å². The van der Waals surface area contributed by atoms with Crippen molar-refractivity contribution in [2.45, 2.75) is 11.6 Å². The lowest BCUT2D eigenvalue weighted by atomic mass is 10.3. The van der Waals surface area contributed by atoms with E-state index in [-0.39, 0.29) is 17.5 Å². The summed E-state index contributed by atoms with van der Waals surface area (Å²) in [5, 5.41) is 0.875. The van der Waals surface area contributed by atoms with E-state index in [1.165, 1.54) is 25.1 Å². The number of carbonyl (C=O) groups is 1. The van der Waals surface area contributed by atoms with Gasteiger partial charge in [-0.05, 0) is 6.26 Å². The topological polar surface area (TPSA) is 52.1 Å². The lowest BCUT2D eigenvalue weighted by Gasteiger charge is -1.97. The summed E-state index contributed by atoms with van der Waals surface area (Å²) >= 11 is 7.27. The zero-order chi connectivity index (χ0) is 12.0. The van der Waals surface area contributed by atoms with E-state index in [1.807, 2.05) is 6.26 Å². The Morgan fingerprint density at radius 2 is 2.44 bits per heavy atom. The summed E-state index contributed by atoms with van der Waals surface area (Å²) in [6.45, 7) is 0. The highest BCUT2D eigenvalue weighted by molar-refractivity contribution is 7.98. The molecule has 4 nitrogen and oxygen atoms in total. The average Bonchev–Trinajstić information content (AvgIpc) is 2.30. The maximum absolute atomic E-state index is 10.8. The lowest BCUT2D eigenvalue weighted by Crippen LogP contribution is -1.97. The van der Waals surface area contributed by atoms with E-state index in [0.717, 1.165) is 0 Å². The average molecular weight is 257 g/mol. The minimum Gasteiger partial charge on any atom is -0.468 e. The zero-order valence-electron chi connectivity index (χ0n) is 8.78. The van der Waals surface area contributed by atoms with Crippen LogP contribution in [-0.2, 0) is 9.53 Å². The molecule has 0 aliphatic heterocycles. The number of esters is 1. The van der Waals surface area contributed by atoms with Gasteiger partial charge in [0.25, 0.3) is 0 Å². The van der Waals surface area contributed by atoms with Gasteiger partial charge in [0.2, 0.25) is 0 Å². The molecule has 1 rings (SSSR count). The number of aromatic nitrogens is 2. The second-order valence-electron chi connectivity index (χ2n) is 2.62. The molecule has 0 aliphatic carbocycles. The minimum absolute atomic E-state index is 0.0249. The van der Waals surface area contributed by atoms with Gasteiger partial charge in [0.1, 0.15) is 11.6 Å². The molecule has 84 valence electrons. The first-order chi connectivity index (χ1) is 7.67. The number of hydrogen-bond donors (Lipinski definition) is 0. The van der Waals surface area contributed by atoms with Gasteiger partial charge in [0.15, 0.2) is 5.16 Å². The monoisotopic (exact) mass is 256 g/mol. The van der Waals surface area contributed by atoms with Crippen molar-refractivity contribution in [2.75, 3.05) is 13.4 Å². The summed E-state index contributed by atoms with van der Waals surface area (Å²) in [5.74, 6) is 4.96. The van der Waals surface area contributed by atoms with E-state index in [9.17, 15) is 4.79 Å². The van der Waals surface area contributed by atoms with Gasteiger partial charge in [-0.3, -0.25) is 4.79 Å². The molecule has 1 heterocycles. The Balaban J connectivity index is 2.77. The second-order valence-corrected chi connectivity index (χ2v) is 3.75. The van der Waals surface area contributed by atoms with E-state index < -0.39 is 0 Å². The highest BCUT2D eigenvalue weighted by atomic mass is 35.5. The van der Waals surface area contributed by atoms with Crippen molar-refractivity contribution in [3.8, 4) is 11.8 Å². The highest BCUT2D eigenvalue weighted by Gasteiger charge is 2.01. The molecule has 0 bridgehead atoms. The zero-order valence-corrected chi connectivity index (χ0v) is 10.4. The molecule has 0 N–H and O–H groups in total. The van der Waals surface area contributed by atoms with Gasteiger partial charge in [-0.2, -0.15) is 0 Å². The maximum Gasteiger partial charge on any atom is 0.317 e. The van der Waals surface area contributed by atoms with Crippen molar-refractivity contribution in [3.05, 3.63) is 16.9 Å². The van der Waals surface area contributed by atoms with Crippen molar-refractivity contribution < 1.29 is 9.53 Å². The number of hydrogen-bond acceptors (Lipinski definition) is 5. The van der Waals surface area contributed by atoms with Crippen LogP contribution in [0.25, 0.3) is 0 Å². The third-order valence-corrected chi connectivity index (χ3v) is 2.44. The van der Waals surface area contributed by atoms with Crippen LogP contribution in [0, 0.1) is 11.8 Å². The van der Waals surface area contributed by atoms with Gasteiger partial charge >= 0.3 is 5.97 Å². The molecule has 0 unspecified atom stereocenters. The number of ether oxygens (including phenoxy) is 1. The number of rotatable bonds is 2. The normalized spacial score (nSPS) is 9.19. The van der Waals surface area contributed by atoms with Crippen molar-refractivity contribution in [3.63, 3.8) is 0 Å². The molecule has 1 aromatic heterocycles. The minimum atomic E-state index is -0.384. The van der Waals surface area contributed by atoms with Gasteiger partial charge in [-0.15, -0.1) is 0 Å². The van der Waals surface area contributed by atoms with Crippen LogP contribution in [-0.4, -0.2) is 29.3 Å². The van der Waals surface area contributed by atoms with Crippen molar-refractivity contribution in [1.82, 2.24) is 9.97 Å². The van der Waals surface area contributed by atoms with E-state index in [4.69, 9.17) is 11.6 Å². The van der Waals surface area contributed by atoms with Gasteiger partial charge in [0, 0.05) is 6.20 Å². The fraction of sp³-hybridized carbons (Fsp3) is 0.300. The standard InChI is InChI=1S/C10H9ClN2O2S/c1-15-8(14)5-3-4-7-6-12-10(16-2)13-9(7)11/h6H,5H2,1-2H3. The largest absolute Gasteiger partial charge is 0.468 e. The maximum atomic E-state index is 10.8. The predicted molar refractivity (Wildman–Crippen MR) is 62.3 cm³/mol. The summed E-state index contributed by atoms with van der Waals surface area (Å²) in [6, 6.07) is 0. The van der Waals surface area contributed by atoms with Crippen LogP contribution >= 0.6 is 23.4 Å². The molecule has 0 saturated carbocycles. The molecule has 6 heteroatoms. The molecular weight excluding hydrogens is 248 g/mol. The smallest absolute Gasteiger partial charge is 0.317 e. The molecule has 0 fully saturated rings. The molecule has 0 aromatic carbocycles. The fourth-order valence-corrected chi connectivity index (χ4v) is 1.38. The van der Waals surface area contributed by atoms with E-state index >= 15 is 0 Å². The van der Waals surface area contributed by atoms with Crippen molar-refractivity contribution >= 4 is 29.3 Å². The van der Waals surface area contributed by atoms with Crippen LogP contribution in [0.15, 0.2) is 11.4 Å². The van der Waals surface area contributed by atoms with Crippen LogP contribution in [0.3, 0.4) is 0 Å². The molecule has 0 atom stereocenters. The Hall–Kier alpha value is -1.25. The first kappa shape index (κ1) is 12.8. The number of methoxy groups -OCH3 is 1. The third kappa shape index (κ3) is 3.72. The Bertz CT molecular complexity index is 454. The van der Waals surface area contributed by atoms with Crippen molar-refractivity contribution in [2.24, 2.45) is 0 Å². The molecule has 0 spiro atoms. The Morgan fingerprint density at radius 3 is 3.00 bits per heavy atom. The number of nitrogens with zero attached hydrogens (tertiary/aromatic N) is 2. The molecule has 0 saturated heterocycles. The van der Waals surface area contributed by atoms with E-state index in [1.54, 1.807) is 0 Å². The van der Waals surface area contributed by atoms with Crippen LogP contribution in [0.4, 0.5) is 0 Å². The van der Waals surface area contributed by atoms with Gasteiger partial charge < -0.3 is 4.74 Å². The molecular formula is C10H9ClN2O2S. The van der Waals surface area contributed by atoms with E-state index in [2.05, 4.69) is 26.5 Å². The predicted octanol–water partition coefficient (Wildman–Crippen LogP) is 1.77. The summed E-state index contributed by atoms with van der Waals surface area (Å²) in [6.07, 6.45) is 3.41. The van der Waals surface area contributed by atoms with Gasteiger partial charge in [-0.1, -0.05) is 35.2 Å². The second kappa shape index (κ2) is 6.36. The number of thioether (sulfide) groups is 1. The number of carbonyl (C=O) groups excluding carboxylic acids is 1. The molecule has 16 heavy (non-hydrogen) atoms. The van der Waals surface area contributed by atoms with Crippen molar-refractivity contribution in [1.29, 1.82) is 0 Å². The van der Waals surface area contributed by atoms with E-state index in [0.29, 0.717) is 10.7 Å². The van der Waals surface area contributed by atoms with Crippen LogP contribution in [0.1, 0.15) is 12.0 Å². The molecule has 1 aromatic rings. The fourth-order valence-electron chi connectivity index (χ4n) is 0.812.